The summed E-state index contributed by atoms with van der Waals surface area (Å²) >= 11 is 4.45. The van der Waals surface area contributed by atoms with Crippen molar-refractivity contribution in [3.63, 3.8) is 0 Å². The predicted molar refractivity (Wildman–Crippen MR) is 45.9 cm³/mol. The number of aryl methyl sites for hydroxylation is 1. The van der Waals surface area contributed by atoms with E-state index in [1.807, 2.05) is 0 Å². The third-order valence-corrected chi connectivity index (χ3v) is 1.99. The van der Waals surface area contributed by atoms with Crippen LogP contribution in [0.3, 0.4) is 0 Å². The molecule has 1 heterocycles. The largest absolute Gasteiger partial charge is 0.788 e. The van der Waals surface area contributed by atoms with Crippen molar-refractivity contribution in [1.82, 2.24) is 9.78 Å². The molecule has 0 spiro atoms. The number of hydrogen-bond acceptors (Lipinski definition) is 3. The van der Waals surface area contributed by atoms with Crippen molar-refractivity contribution >= 4 is 12.6 Å². The maximum atomic E-state index is 12.4. The molecule has 0 saturated heterocycles. The Balaban J connectivity index is 0.00000256. The first-order chi connectivity index (χ1) is 7.27. The summed E-state index contributed by atoms with van der Waals surface area (Å²) in [5.74, 6) is -1.16. The molecule has 0 unspecified atom stereocenters. The molecule has 0 amide bonds. The summed E-state index contributed by atoms with van der Waals surface area (Å²) in [7, 11) is 1.07. The Hall–Kier alpha value is 0.114. The van der Waals surface area contributed by atoms with E-state index < -0.39 is 35.7 Å². The van der Waals surface area contributed by atoms with E-state index in [1.165, 1.54) is 0 Å². The van der Waals surface area contributed by atoms with Gasteiger partial charge in [0.15, 0.2) is 5.69 Å². The zero-order valence-corrected chi connectivity index (χ0v) is 12.1. The first-order valence-electron chi connectivity index (χ1n) is 3.93. The topological polar surface area (TPSA) is 27.1 Å². The summed E-state index contributed by atoms with van der Waals surface area (Å²) in [6.07, 6.45) is -4.74. The molecular weight excluding hydrogens is 344 g/mol. The molecule has 0 aliphatic heterocycles. The molecule has 3 nitrogen and oxygen atoms in total. The van der Waals surface area contributed by atoms with Crippen LogP contribution in [0.15, 0.2) is 0 Å². The Morgan fingerprint density at radius 1 is 1.41 bits per heavy atom. The minimum atomic E-state index is -4.74. The molecule has 1 aromatic rings. The van der Waals surface area contributed by atoms with Crippen molar-refractivity contribution < 1.29 is 59.4 Å². The minimum absolute atomic E-state index is 0. The third-order valence-electron chi connectivity index (χ3n) is 1.70. The van der Waals surface area contributed by atoms with E-state index in [2.05, 4.69) is 22.5 Å². The van der Waals surface area contributed by atoms with Crippen LogP contribution in [0.1, 0.15) is 11.3 Å². The van der Waals surface area contributed by atoms with Gasteiger partial charge in [0.05, 0.1) is 0 Å². The van der Waals surface area contributed by atoms with Gasteiger partial charge in [0.25, 0.3) is 0 Å². The van der Waals surface area contributed by atoms with Crippen molar-refractivity contribution in [2.75, 3.05) is 0 Å². The second-order valence-corrected chi connectivity index (χ2v) is 3.07. The Bertz CT molecular complexity index is 381. The standard InChI is InChI=1S/C7H7F5N2OS.Y/c1-14-5(15-6(8)9)3(2-16)4(13-14)7(10,11)12;/h6,16H,2H2,1H3;/p-1. The van der Waals surface area contributed by atoms with Crippen molar-refractivity contribution in [3.8, 4) is 5.88 Å². The number of halogens is 5. The quantitative estimate of drug-likeness (QED) is 0.617. The van der Waals surface area contributed by atoms with Crippen molar-refractivity contribution in [3.05, 3.63) is 11.3 Å². The van der Waals surface area contributed by atoms with Crippen LogP contribution in [0.4, 0.5) is 22.0 Å². The number of ether oxygens (including phenoxy) is 1. The molecule has 0 aromatic carbocycles. The molecule has 0 atom stereocenters. The van der Waals surface area contributed by atoms with Crippen LogP contribution < -0.4 is 4.74 Å². The van der Waals surface area contributed by atoms with Gasteiger partial charge in [-0.05, 0) is 0 Å². The second-order valence-electron chi connectivity index (χ2n) is 2.78. The first-order valence-corrected chi connectivity index (χ1v) is 4.51. The fourth-order valence-corrected chi connectivity index (χ4v) is 1.40. The van der Waals surface area contributed by atoms with Crippen molar-refractivity contribution in [1.29, 1.82) is 0 Å². The number of rotatable bonds is 3. The van der Waals surface area contributed by atoms with Gasteiger partial charge in [-0.15, -0.1) is 5.75 Å². The van der Waals surface area contributed by atoms with Gasteiger partial charge < -0.3 is 17.4 Å². The minimum Gasteiger partial charge on any atom is -0.788 e. The fraction of sp³-hybridized carbons (Fsp3) is 0.571. The van der Waals surface area contributed by atoms with E-state index in [0.29, 0.717) is 4.68 Å². The molecular formula is C7H6F5N2OSY-. The molecule has 17 heavy (non-hydrogen) atoms. The number of aromatic nitrogens is 2. The van der Waals surface area contributed by atoms with Crippen LogP contribution in [0.2, 0.25) is 0 Å². The Kier molecular flexibility index (Phi) is 6.37. The summed E-state index contributed by atoms with van der Waals surface area (Å²) in [6.45, 7) is -3.23. The summed E-state index contributed by atoms with van der Waals surface area (Å²) in [5.41, 5.74) is -1.84. The maximum Gasteiger partial charge on any atom is 0.435 e. The molecule has 0 saturated carbocycles. The molecule has 1 radical (unpaired) electrons. The Morgan fingerprint density at radius 3 is 2.29 bits per heavy atom. The SMILES string of the molecule is Cn1nc(C(F)(F)F)c(C[S-])c1OC(F)F.[Y]. The number of nitrogens with zero attached hydrogens (tertiary/aromatic N) is 2. The van der Waals surface area contributed by atoms with Gasteiger partial charge in [-0.2, -0.15) is 27.1 Å². The van der Waals surface area contributed by atoms with Crippen LogP contribution in [0, 0.1) is 0 Å². The van der Waals surface area contributed by atoms with Crippen molar-refractivity contribution in [2.45, 2.75) is 18.5 Å². The van der Waals surface area contributed by atoms with Gasteiger partial charge in [0.2, 0.25) is 5.88 Å². The third kappa shape index (κ3) is 4.06. The summed E-state index contributed by atoms with van der Waals surface area (Å²) in [6, 6.07) is 0. The molecule has 0 fully saturated rings. The smallest absolute Gasteiger partial charge is 0.435 e. The number of alkyl halides is 5. The fourth-order valence-electron chi connectivity index (χ4n) is 1.14. The molecule has 0 bridgehead atoms. The van der Waals surface area contributed by atoms with E-state index in [9.17, 15) is 22.0 Å². The van der Waals surface area contributed by atoms with Crippen LogP contribution in [-0.2, 0) is 64.3 Å². The average molecular weight is 350 g/mol. The zero-order chi connectivity index (χ0) is 12.5. The molecule has 0 aliphatic rings. The van der Waals surface area contributed by atoms with Crippen LogP contribution in [0.25, 0.3) is 0 Å². The van der Waals surface area contributed by atoms with Gasteiger partial charge in [0.1, 0.15) is 0 Å². The van der Waals surface area contributed by atoms with Crippen LogP contribution in [-0.4, -0.2) is 16.4 Å². The van der Waals surface area contributed by atoms with E-state index in [0.717, 1.165) is 7.05 Å². The molecule has 0 aliphatic carbocycles. The van der Waals surface area contributed by atoms with Gasteiger partial charge >= 0.3 is 12.8 Å². The summed E-state index contributed by atoms with van der Waals surface area (Å²) in [4.78, 5) is 0. The number of hydrogen-bond donors (Lipinski definition) is 0. The Labute approximate surface area is 124 Å². The van der Waals surface area contributed by atoms with Gasteiger partial charge in [0, 0.05) is 45.3 Å². The van der Waals surface area contributed by atoms with Crippen molar-refractivity contribution in [2.24, 2.45) is 7.05 Å². The first kappa shape index (κ1) is 17.1. The Morgan fingerprint density at radius 2 is 1.94 bits per heavy atom. The average Bonchev–Trinajstić information content (AvgIpc) is 2.42. The van der Waals surface area contributed by atoms with E-state index in [1.54, 1.807) is 0 Å². The maximum absolute atomic E-state index is 12.4. The van der Waals surface area contributed by atoms with Crippen LogP contribution in [0.5, 0.6) is 5.88 Å². The van der Waals surface area contributed by atoms with E-state index in [-0.39, 0.29) is 32.7 Å². The van der Waals surface area contributed by atoms with E-state index >= 15 is 0 Å². The van der Waals surface area contributed by atoms with Gasteiger partial charge in [-0.3, -0.25) is 0 Å². The summed E-state index contributed by atoms with van der Waals surface area (Å²) < 4.78 is 65.6. The molecule has 95 valence electrons. The van der Waals surface area contributed by atoms with Gasteiger partial charge in [-0.25, -0.2) is 4.68 Å². The monoisotopic (exact) mass is 350 g/mol. The van der Waals surface area contributed by atoms with Crippen LogP contribution >= 0.6 is 0 Å². The normalized spacial score (nSPS) is 11.5. The molecule has 0 N–H and O–H groups in total. The van der Waals surface area contributed by atoms with E-state index in [4.69, 9.17) is 0 Å². The predicted octanol–water partition coefficient (Wildman–Crippen LogP) is 2.08. The molecule has 1 rings (SSSR count). The molecule has 1 aromatic heterocycles. The zero-order valence-electron chi connectivity index (χ0n) is 8.46. The second kappa shape index (κ2) is 6.33. The summed E-state index contributed by atoms with van der Waals surface area (Å²) in [5, 5.41) is 3.07. The molecule has 10 heteroatoms. The van der Waals surface area contributed by atoms with Gasteiger partial charge in [-0.1, -0.05) is 0 Å².